The van der Waals surface area contributed by atoms with Gasteiger partial charge in [0, 0.05) is 18.5 Å². The van der Waals surface area contributed by atoms with Crippen LogP contribution in [0.2, 0.25) is 0 Å². The molecule has 118 valence electrons. The third-order valence-electron chi connectivity index (χ3n) is 3.50. The topological polar surface area (TPSA) is 81.9 Å². The van der Waals surface area contributed by atoms with Crippen molar-refractivity contribution in [3.63, 3.8) is 0 Å². The molecular formula is C15H13N3O4S. The molecule has 0 aliphatic carbocycles. The summed E-state index contributed by atoms with van der Waals surface area (Å²) in [5.41, 5.74) is 1.77. The molecule has 1 N–H and O–H groups in total. The third kappa shape index (κ3) is 2.36. The number of rotatable bonds is 3. The summed E-state index contributed by atoms with van der Waals surface area (Å²) in [5.74, 6) is 0.956. The molecule has 1 aromatic carbocycles. The van der Waals surface area contributed by atoms with E-state index in [4.69, 9.17) is 9.47 Å². The maximum absolute atomic E-state index is 12.6. The van der Waals surface area contributed by atoms with Gasteiger partial charge in [-0.1, -0.05) is 0 Å². The number of benzene rings is 1. The first kappa shape index (κ1) is 13.9. The molecule has 4 rings (SSSR count). The fourth-order valence-corrected chi connectivity index (χ4v) is 3.54. The minimum Gasteiger partial charge on any atom is -0.454 e. The van der Waals surface area contributed by atoms with Gasteiger partial charge in [0.2, 0.25) is 6.79 Å². The van der Waals surface area contributed by atoms with Crippen LogP contribution < -0.4 is 14.2 Å². The van der Waals surface area contributed by atoms with Gasteiger partial charge in [0.25, 0.3) is 10.0 Å². The van der Waals surface area contributed by atoms with Crippen molar-refractivity contribution in [3.05, 3.63) is 48.4 Å². The Morgan fingerprint density at radius 3 is 2.91 bits per heavy atom. The van der Waals surface area contributed by atoms with Gasteiger partial charge in [-0.05, 0) is 31.2 Å². The Labute approximate surface area is 132 Å². The standard InChI is InChI=1S/C15H13N3O4S/c1-10-8-18-6-2-3-12(15(18)16-10)17-23(19,20)11-4-5-13-14(7-11)22-9-21-13/h2-8,17H,9H2,1H3. The first-order chi connectivity index (χ1) is 11.0. The van der Waals surface area contributed by atoms with Crippen LogP contribution in [-0.2, 0) is 10.0 Å². The molecule has 0 saturated heterocycles. The molecule has 1 aliphatic rings. The van der Waals surface area contributed by atoms with Gasteiger partial charge in [-0.25, -0.2) is 13.4 Å². The van der Waals surface area contributed by atoms with Gasteiger partial charge in [-0.2, -0.15) is 0 Å². The summed E-state index contributed by atoms with van der Waals surface area (Å²) in [6, 6.07) is 7.93. The van der Waals surface area contributed by atoms with Crippen LogP contribution in [0.1, 0.15) is 5.69 Å². The highest BCUT2D eigenvalue weighted by Crippen LogP contribution is 2.34. The summed E-state index contributed by atoms with van der Waals surface area (Å²) in [4.78, 5) is 4.44. The second-order valence-corrected chi connectivity index (χ2v) is 6.84. The number of pyridine rings is 1. The Hall–Kier alpha value is -2.74. The van der Waals surface area contributed by atoms with Crippen molar-refractivity contribution in [3.8, 4) is 11.5 Å². The van der Waals surface area contributed by atoms with Crippen molar-refractivity contribution >= 4 is 21.4 Å². The number of hydrogen-bond donors (Lipinski definition) is 1. The molecule has 1 aliphatic heterocycles. The monoisotopic (exact) mass is 331 g/mol. The molecular weight excluding hydrogens is 318 g/mol. The highest BCUT2D eigenvalue weighted by molar-refractivity contribution is 7.92. The number of aryl methyl sites for hydroxylation is 1. The van der Waals surface area contributed by atoms with Gasteiger partial charge in [0.15, 0.2) is 17.1 Å². The predicted molar refractivity (Wildman–Crippen MR) is 83.3 cm³/mol. The molecule has 7 nitrogen and oxygen atoms in total. The molecule has 8 heteroatoms. The van der Waals surface area contributed by atoms with Crippen molar-refractivity contribution in [2.75, 3.05) is 11.5 Å². The van der Waals surface area contributed by atoms with Crippen LogP contribution in [0.25, 0.3) is 5.65 Å². The Bertz CT molecular complexity index is 1010. The molecule has 0 saturated carbocycles. The summed E-state index contributed by atoms with van der Waals surface area (Å²) in [6.07, 6.45) is 3.64. The Morgan fingerprint density at radius 1 is 1.22 bits per heavy atom. The smallest absolute Gasteiger partial charge is 0.262 e. The number of ether oxygens (including phenoxy) is 2. The van der Waals surface area contributed by atoms with E-state index in [1.165, 1.54) is 12.1 Å². The van der Waals surface area contributed by atoms with E-state index in [0.29, 0.717) is 22.8 Å². The fraction of sp³-hybridized carbons (Fsp3) is 0.133. The van der Waals surface area contributed by atoms with Crippen molar-refractivity contribution in [2.45, 2.75) is 11.8 Å². The number of imidazole rings is 1. The Balaban J connectivity index is 1.74. The first-order valence-corrected chi connectivity index (χ1v) is 8.38. The molecule has 0 spiro atoms. The number of nitrogens with one attached hydrogen (secondary N) is 1. The van der Waals surface area contributed by atoms with E-state index in [9.17, 15) is 8.42 Å². The molecule has 3 heterocycles. The Kier molecular flexibility index (Phi) is 2.95. The highest BCUT2D eigenvalue weighted by atomic mass is 32.2. The van der Waals surface area contributed by atoms with Gasteiger partial charge in [0.05, 0.1) is 16.3 Å². The molecule has 0 fully saturated rings. The molecule has 0 bridgehead atoms. The quantitative estimate of drug-likeness (QED) is 0.795. The zero-order valence-electron chi connectivity index (χ0n) is 12.2. The maximum atomic E-state index is 12.6. The number of anilines is 1. The summed E-state index contributed by atoms with van der Waals surface area (Å²) >= 11 is 0. The molecule has 2 aromatic heterocycles. The van der Waals surface area contributed by atoms with E-state index in [-0.39, 0.29) is 11.7 Å². The largest absolute Gasteiger partial charge is 0.454 e. The minimum atomic E-state index is -3.76. The fourth-order valence-electron chi connectivity index (χ4n) is 2.46. The van der Waals surface area contributed by atoms with Gasteiger partial charge in [-0.3, -0.25) is 4.72 Å². The lowest BCUT2D eigenvalue weighted by Crippen LogP contribution is -2.13. The van der Waals surface area contributed by atoms with Gasteiger partial charge in [0.1, 0.15) is 0 Å². The molecule has 0 unspecified atom stereocenters. The van der Waals surface area contributed by atoms with Crippen LogP contribution in [0.15, 0.2) is 47.6 Å². The summed E-state index contributed by atoms with van der Waals surface area (Å²) in [7, 11) is -3.76. The molecule has 3 aromatic rings. The minimum absolute atomic E-state index is 0.0962. The lowest BCUT2D eigenvalue weighted by Gasteiger charge is -2.09. The summed E-state index contributed by atoms with van der Waals surface area (Å²) in [6.45, 7) is 1.95. The van der Waals surface area contributed by atoms with Gasteiger partial charge in [-0.15, -0.1) is 0 Å². The molecule has 0 atom stereocenters. The van der Waals surface area contributed by atoms with Crippen LogP contribution in [-0.4, -0.2) is 24.6 Å². The summed E-state index contributed by atoms with van der Waals surface area (Å²) < 4.78 is 40.0. The van der Waals surface area contributed by atoms with Crippen LogP contribution >= 0.6 is 0 Å². The zero-order valence-corrected chi connectivity index (χ0v) is 13.0. The number of sulfonamides is 1. The maximum Gasteiger partial charge on any atom is 0.262 e. The second-order valence-electron chi connectivity index (χ2n) is 5.16. The van der Waals surface area contributed by atoms with Crippen LogP contribution in [0, 0.1) is 6.92 Å². The first-order valence-electron chi connectivity index (χ1n) is 6.90. The lowest BCUT2D eigenvalue weighted by atomic mass is 10.3. The van der Waals surface area contributed by atoms with E-state index in [2.05, 4.69) is 9.71 Å². The third-order valence-corrected chi connectivity index (χ3v) is 4.87. The Morgan fingerprint density at radius 2 is 2.04 bits per heavy atom. The number of fused-ring (bicyclic) bond motifs is 2. The van der Waals surface area contributed by atoms with Crippen molar-refractivity contribution in [1.29, 1.82) is 0 Å². The van der Waals surface area contributed by atoms with E-state index in [1.54, 1.807) is 22.6 Å². The number of aromatic nitrogens is 2. The second kappa shape index (κ2) is 4.88. The average molecular weight is 331 g/mol. The molecule has 23 heavy (non-hydrogen) atoms. The van der Waals surface area contributed by atoms with E-state index in [0.717, 1.165) is 5.69 Å². The van der Waals surface area contributed by atoms with Crippen molar-refractivity contribution in [2.24, 2.45) is 0 Å². The van der Waals surface area contributed by atoms with E-state index >= 15 is 0 Å². The van der Waals surface area contributed by atoms with Crippen LogP contribution in [0.5, 0.6) is 11.5 Å². The number of nitrogens with zero attached hydrogens (tertiary/aromatic N) is 2. The summed E-state index contributed by atoms with van der Waals surface area (Å²) in [5, 5.41) is 0. The van der Waals surface area contributed by atoms with Crippen LogP contribution in [0.3, 0.4) is 0 Å². The number of hydrogen-bond acceptors (Lipinski definition) is 5. The highest BCUT2D eigenvalue weighted by Gasteiger charge is 2.21. The van der Waals surface area contributed by atoms with Crippen molar-refractivity contribution in [1.82, 2.24) is 9.38 Å². The lowest BCUT2D eigenvalue weighted by molar-refractivity contribution is 0.174. The van der Waals surface area contributed by atoms with Crippen molar-refractivity contribution < 1.29 is 17.9 Å². The zero-order chi connectivity index (χ0) is 16.0. The van der Waals surface area contributed by atoms with Gasteiger partial charge >= 0.3 is 0 Å². The average Bonchev–Trinajstić information content (AvgIpc) is 3.11. The van der Waals surface area contributed by atoms with E-state index in [1.807, 2.05) is 19.3 Å². The molecule has 0 amide bonds. The van der Waals surface area contributed by atoms with Gasteiger partial charge < -0.3 is 13.9 Å². The van der Waals surface area contributed by atoms with Crippen LogP contribution in [0.4, 0.5) is 5.69 Å². The predicted octanol–water partition coefficient (Wildman–Crippen LogP) is 2.17. The van der Waals surface area contributed by atoms with E-state index < -0.39 is 10.0 Å². The SMILES string of the molecule is Cc1cn2cccc(NS(=O)(=O)c3ccc4c(c3)OCO4)c2n1. The normalized spacial score (nSPS) is 13.4. The molecule has 0 radical (unpaired) electrons.